The van der Waals surface area contributed by atoms with Crippen molar-refractivity contribution in [2.75, 3.05) is 5.73 Å². The van der Waals surface area contributed by atoms with Gasteiger partial charge in [-0.3, -0.25) is 14.8 Å². The maximum Gasteiger partial charge on any atom is 0.239 e. The zero-order valence-electron chi connectivity index (χ0n) is 24.8. The monoisotopic (exact) mass is 557 g/mol. The summed E-state index contributed by atoms with van der Waals surface area (Å²) in [6.07, 6.45) is 14.4. The van der Waals surface area contributed by atoms with Gasteiger partial charge in [-0.25, -0.2) is 18.7 Å². The molecular weight excluding hydrogens is 508 g/mol. The van der Waals surface area contributed by atoms with Gasteiger partial charge in [0.25, 0.3) is 0 Å². The topological polar surface area (TPSA) is 94.1 Å². The number of nitrogens with zero attached hydrogens (tertiary/aromatic N) is 4. The fourth-order valence-corrected chi connectivity index (χ4v) is 5.04. The van der Waals surface area contributed by atoms with Crippen LogP contribution in [0.1, 0.15) is 117 Å². The predicted octanol–water partition coefficient (Wildman–Crippen LogP) is 8.73. The smallest absolute Gasteiger partial charge is 0.239 e. The largest absolute Gasteiger partial charge is 0.368 e. The Labute approximate surface area is 241 Å². The highest BCUT2D eigenvalue weighted by Crippen LogP contribution is 2.40. The maximum atomic E-state index is 12.5. The molecule has 2 N–H and O–H groups in total. The lowest BCUT2D eigenvalue weighted by molar-refractivity contribution is -0.129. The molecule has 5 rings (SSSR count). The quantitative estimate of drug-likeness (QED) is 0.358. The highest BCUT2D eigenvalue weighted by atomic mass is 19.3. The van der Waals surface area contributed by atoms with E-state index in [0.29, 0.717) is 23.6 Å². The number of aromatic nitrogens is 3. The lowest BCUT2D eigenvalue weighted by Gasteiger charge is -2.35. The van der Waals surface area contributed by atoms with Gasteiger partial charge < -0.3 is 5.73 Å². The van der Waals surface area contributed by atoms with Crippen LogP contribution in [0.4, 0.5) is 20.4 Å². The molecule has 2 heterocycles. The first-order chi connectivity index (χ1) is 19.0. The maximum absolute atomic E-state index is 12.5. The van der Waals surface area contributed by atoms with Crippen molar-refractivity contribution in [1.29, 1.82) is 0 Å². The number of aryl methyl sites for hydroxylation is 1. The summed E-state index contributed by atoms with van der Waals surface area (Å²) in [5.41, 5.74) is 11.5. The average Bonchev–Trinajstić information content (AvgIpc) is 3.32. The number of fused-ring (bicyclic) bond motifs is 1. The summed E-state index contributed by atoms with van der Waals surface area (Å²) in [6.45, 7) is 9.15. The fourth-order valence-electron chi connectivity index (χ4n) is 5.04. The summed E-state index contributed by atoms with van der Waals surface area (Å²) >= 11 is 0. The van der Waals surface area contributed by atoms with E-state index in [1.54, 1.807) is 27.0 Å². The number of pyridine rings is 1. The van der Waals surface area contributed by atoms with Crippen molar-refractivity contribution < 1.29 is 16.4 Å². The molecule has 1 unspecified atom stereocenters. The van der Waals surface area contributed by atoms with Crippen molar-refractivity contribution in [3.05, 3.63) is 47.1 Å². The Morgan fingerprint density at radius 1 is 1.07 bits per heavy atom. The van der Waals surface area contributed by atoms with Gasteiger partial charge in [-0.05, 0) is 51.7 Å². The van der Waals surface area contributed by atoms with Crippen LogP contribution in [0.3, 0.4) is 0 Å². The second-order valence-electron chi connectivity index (χ2n) is 11.6. The van der Waals surface area contributed by atoms with E-state index in [4.69, 9.17) is 5.73 Å². The third kappa shape index (κ3) is 8.73. The zero-order chi connectivity index (χ0) is 29.3. The summed E-state index contributed by atoms with van der Waals surface area (Å²) in [5.74, 6) is 0.352. The third-order valence-corrected chi connectivity index (χ3v) is 8.36. The molecule has 0 aromatic carbocycles. The molecule has 2 aromatic heterocycles. The standard InChI is InChI=1S/C19H21F2N5.C7H12O.C6H12.2H2/c1-10(8-18(20)21)11(2)24-15-6-7-16(25-12(15)3)13-4-5-17-14(13)9-23-19(22)26-17;1-6(8)7(2)4-3-5-7;1-2-4-6-5-3-1;;/h4,6-7,9-10,18H,5,8H2,1-3H3,(H2,22,23,26);3-5H2,1-2H3;1-6H2;2*1H. The van der Waals surface area contributed by atoms with Gasteiger partial charge in [-0.15, -0.1) is 0 Å². The molecule has 0 amide bonds. The summed E-state index contributed by atoms with van der Waals surface area (Å²) in [4.78, 5) is 28.2. The number of rotatable bonds is 6. The number of allylic oxidation sites excluding steroid dienone is 1. The van der Waals surface area contributed by atoms with Crippen LogP contribution in [-0.4, -0.2) is 32.9 Å². The first-order valence-electron chi connectivity index (χ1n) is 14.6. The molecule has 2 saturated carbocycles. The number of hydrogen-bond donors (Lipinski definition) is 1. The number of hydrogen-bond acceptors (Lipinski definition) is 6. The van der Waals surface area contributed by atoms with Gasteiger partial charge in [0.05, 0.1) is 22.8 Å². The Hall–Kier alpha value is -3.03. The minimum absolute atomic E-state index is 0. The summed E-state index contributed by atoms with van der Waals surface area (Å²) in [7, 11) is 0. The second-order valence-corrected chi connectivity index (χ2v) is 11.6. The average molecular weight is 558 g/mol. The molecule has 40 heavy (non-hydrogen) atoms. The van der Waals surface area contributed by atoms with E-state index in [1.165, 1.54) is 44.9 Å². The van der Waals surface area contributed by atoms with Crippen LogP contribution in [-0.2, 0) is 11.2 Å². The Kier molecular flexibility index (Phi) is 11.5. The molecule has 2 aromatic rings. The zero-order valence-corrected chi connectivity index (χ0v) is 24.8. The summed E-state index contributed by atoms with van der Waals surface area (Å²) in [6, 6.07) is 3.75. The highest BCUT2D eigenvalue weighted by molar-refractivity contribution is 5.87. The van der Waals surface area contributed by atoms with Crippen molar-refractivity contribution in [2.45, 2.75) is 112 Å². The number of carbonyl (C=O) groups is 1. The number of nitrogens with two attached hydrogens (primary N) is 1. The van der Waals surface area contributed by atoms with Gasteiger partial charge in [-0.1, -0.05) is 64.9 Å². The van der Waals surface area contributed by atoms with Gasteiger partial charge >= 0.3 is 0 Å². The molecule has 0 radical (unpaired) electrons. The molecule has 8 heteroatoms. The minimum Gasteiger partial charge on any atom is -0.368 e. The van der Waals surface area contributed by atoms with Gasteiger partial charge in [0.1, 0.15) is 5.78 Å². The van der Waals surface area contributed by atoms with E-state index in [0.717, 1.165) is 41.1 Å². The van der Waals surface area contributed by atoms with E-state index < -0.39 is 6.43 Å². The number of carbonyl (C=O) groups excluding carboxylic acids is 1. The molecule has 3 aliphatic rings. The first kappa shape index (κ1) is 31.5. The molecule has 0 spiro atoms. The van der Waals surface area contributed by atoms with Crippen molar-refractivity contribution in [1.82, 2.24) is 15.0 Å². The Morgan fingerprint density at radius 3 is 2.17 bits per heavy atom. The Balaban J connectivity index is 0.000000452. The van der Waals surface area contributed by atoms with Crippen molar-refractivity contribution in [2.24, 2.45) is 16.3 Å². The van der Waals surface area contributed by atoms with Crippen LogP contribution in [0.2, 0.25) is 0 Å². The number of alkyl halides is 2. The lowest BCUT2D eigenvalue weighted by Crippen LogP contribution is -2.32. The molecule has 0 saturated heterocycles. The number of aliphatic imine (C=N–C) groups is 1. The molecule has 3 aliphatic carbocycles. The van der Waals surface area contributed by atoms with Crippen LogP contribution in [0.15, 0.2) is 29.4 Å². The molecule has 0 bridgehead atoms. The SMILES string of the molecule is C1CCCCC1.CC(=Nc1ccc(C2=CCc3nc(N)ncc32)nc1C)C(C)CC(F)F.CC(=O)C1(C)CCC1.[HH].[HH]. The van der Waals surface area contributed by atoms with Crippen LogP contribution < -0.4 is 5.73 Å². The Morgan fingerprint density at radius 2 is 1.70 bits per heavy atom. The van der Waals surface area contributed by atoms with Gasteiger partial charge in [0, 0.05) is 44.2 Å². The van der Waals surface area contributed by atoms with Crippen molar-refractivity contribution in [3.63, 3.8) is 0 Å². The van der Waals surface area contributed by atoms with E-state index in [9.17, 15) is 13.6 Å². The van der Waals surface area contributed by atoms with Crippen molar-refractivity contribution >= 4 is 28.7 Å². The van der Waals surface area contributed by atoms with Gasteiger partial charge in [0.2, 0.25) is 12.4 Å². The molecule has 0 aliphatic heterocycles. The van der Waals surface area contributed by atoms with Crippen molar-refractivity contribution in [3.8, 4) is 0 Å². The second kappa shape index (κ2) is 14.6. The normalized spacial score (nSPS) is 18.3. The Bertz CT molecular complexity index is 1220. The number of nitrogen functional groups attached to an aromatic ring is 1. The van der Waals surface area contributed by atoms with Crippen LogP contribution in [0, 0.1) is 18.3 Å². The van der Waals surface area contributed by atoms with E-state index >= 15 is 0 Å². The van der Waals surface area contributed by atoms with Crippen LogP contribution >= 0.6 is 0 Å². The van der Waals surface area contributed by atoms with Gasteiger partial charge in [0.15, 0.2) is 0 Å². The number of anilines is 1. The molecule has 2 fully saturated rings. The minimum atomic E-state index is -2.33. The van der Waals surface area contributed by atoms with Crippen LogP contribution in [0.5, 0.6) is 0 Å². The number of ketones is 1. The highest BCUT2D eigenvalue weighted by Gasteiger charge is 2.35. The summed E-state index contributed by atoms with van der Waals surface area (Å²) in [5, 5.41) is 0. The van der Waals surface area contributed by atoms with Gasteiger partial charge in [-0.2, -0.15) is 0 Å². The summed E-state index contributed by atoms with van der Waals surface area (Å²) < 4.78 is 25.1. The van der Waals surface area contributed by atoms with E-state index in [2.05, 4.69) is 32.9 Å². The third-order valence-electron chi connectivity index (χ3n) is 8.36. The number of Topliss-reactive ketones (excluding diaryl/α,β-unsaturated/α-hetero) is 1. The number of halogens is 2. The van der Waals surface area contributed by atoms with Crippen LogP contribution in [0.25, 0.3) is 5.57 Å². The van der Waals surface area contributed by atoms with E-state index in [-0.39, 0.29) is 26.6 Å². The lowest BCUT2D eigenvalue weighted by atomic mass is 9.68. The molecule has 6 nitrogen and oxygen atoms in total. The molecule has 222 valence electrons. The molecular formula is C32H49F2N5O. The fraction of sp³-hybridized carbons (Fsp3) is 0.594. The first-order valence-corrected chi connectivity index (χ1v) is 14.6. The van der Waals surface area contributed by atoms with E-state index in [1.807, 2.05) is 19.1 Å². The predicted molar refractivity (Wildman–Crippen MR) is 163 cm³/mol. The molecule has 1 atom stereocenters.